The number of nitrogens with two attached hydrogens (primary N) is 2. The second-order valence-electron chi connectivity index (χ2n) is 15.4. The Hall–Kier alpha value is -6.76. The van der Waals surface area contributed by atoms with Crippen molar-refractivity contribution in [1.29, 1.82) is 0 Å². The summed E-state index contributed by atoms with van der Waals surface area (Å²) in [5.41, 5.74) is 12.7. The van der Waals surface area contributed by atoms with E-state index in [0.29, 0.717) is 16.8 Å². The summed E-state index contributed by atoms with van der Waals surface area (Å²) in [6.07, 6.45) is 1.74. The fraction of sp³-hybridized carbons (Fsp3) is 0.425. The Labute approximate surface area is 377 Å². The van der Waals surface area contributed by atoms with Gasteiger partial charge in [-0.2, -0.15) is 0 Å². The third-order valence-corrected chi connectivity index (χ3v) is 9.96. The summed E-state index contributed by atoms with van der Waals surface area (Å²) < 4.78 is 15.8. The molecule has 7 amide bonds. The molecule has 0 spiro atoms. The first-order valence-corrected chi connectivity index (χ1v) is 21.8. The van der Waals surface area contributed by atoms with E-state index in [1.807, 2.05) is 10.6 Å². The second-order valence-corrected chi connectivity index (χ2v) is 16.7. The molecule has 3 rings (SSSR count). The number of phosphoric acid groups is 1. The van der Waals surface area contributed by atoms with Gasteiger partial charge in [-0.1, -0.05) is 56.3 Å². The number of primary amides is 1. The molecule has 16 N–H and O–H groups in total. The topological polar surface area (TPSA) is 417 Å². The maximum absolute atomic E-state index is 14.3. The van der Waals surface area contributed by atoms with Crippen LogP contribution in [0, 0.1) is 5.92 Å². The van der Waals surface area contributed by atoms with E-state index in [9.17, 15) is 68.0 Å². The van der Waals surface area contributed by atoms with E-state index >= 15 is 0 Å². The quantitative estimate of drug-likeness (QED) is 0.0330. The van der Waals surface area contributed by atoms with Crippen LogP contribution in [0.4, 0.5) is 0 Å². The number of nitrogens with zero attached hydrogens (tertiary/aromatic N) is 1. The molecule has 66 heavy (non-hydrogen) atoms. The minimum atomic E-state index is -5.31. The fourth-order valence-corrected chi connectivity index (χ4v) is 6.50. The standard InChI is InChI=1S/C40H55N10O15P/c1-21(2)12-27(45-34(54)26(41)15-24-17-43-20-44-24)35(55)46-29(14-23-8-10-25(52)11-9-23)36(56)47-28(13-22-6-4-3-5-7-22)37(57)49-31(18-51)38(58)50-32(19-65-66(62,63)64)39(59)48-30(40(60)61)16-33(42)53/h3-11,17,20-21,26-32,51-52H,12-16,18-19,41H2,1-2H3,(H2,42,53)(H,43,44)(H,45,54)(H,46,55)(H,47,56)(H,48,59)(H,49,57)(H,50,58)(H,60,61)(H2,62,63,64)/t26-,27-,28-,29-,30-,31-,32-/m0/s1. The Bertz CT molecular complexity index is 2170. The Balaban J connectivity index is 1.91. The second kappa shape index (κ2) is 25.7. The molecule has 25 nitrogen and oxygen atoms in total. The molecular formula is C40H55N10O15P. The lowest BCUT2D eigenvalue weighted by atomic mass is 9.99. The Morgan fingerprint density at radius 2 is 1.18 bits per heavy atom. The van der Waals surface area contributed by atoms with Gasteiger partial charge >= 0.3 is 13.8 Å². The van der Waals surface area contributed by atoms with Crippen LogP contribution in [0.5, 0.6) is 5.75 Å². The molecule has 0 bridgehead atoms. The highest BCUT2D eigenvalue weighted by Gasteiger charge is 2.35. The smallest absolute Gasteiger partial charge is 0.469 e. The minimum absolute atomic E-state index is 0.0734. The number of phenols is 1. The maximum atomic E-state index is 14.3. The van der Waals surface area contributed by atoms with Crippen molar-refractivity contribution in [3.63, 3.8) is 0 Å². The van der Waals surface area contributed by atoms with Gasteiger partial charge in [0.2, 0.25) is 41.4 Å². The van der Waals surface area contributed by atoms with Crippen molar-refractivity contribution in [3.05, 3.63) is 83.9 Å². The molecule has 0 saturated heterocycles. The van der Waals surface area contributed by atoms with Gasteiger partial charge in [0.1, 0.15) is 42.0 Å². The molecule has 0 aliphatic heterocycles. The van der Waals surface area contributed by atoms with E-state index < -0.39 is 117 Å². The van der Waals surface area contributed by atoms with Crippen molar-refractivity contribution in [3.8, 4) is 5.75 Å². The van der Waals surface area contributed by atoms with Crippen LogP contribution in [-0.2, 0) is 66.7 Å². The number of phosphoric ester groups is 1. The Morgan fingerprint density at radius 1 is 0.697 bits per heavy atom. The lowest BCUT2D eigenvalue weighted by Gasteiger charge is -2.28. The van der Waals surface area contributed by atoms with Crippen LogP contribution in [0.2, 0.25) is 0 Å². The van der Waals surface area contributed by atoms with Gasteiger partial charge in [-0.25, -0.2) is 14.3 Å². The number of carboxylic acid groups (broad SMARTS) is 1. The average molecular weight is 947 g/mol. The molecule has 0 aliphatic carbocycles. The van der Waals surface area contributed by atoms with Gasteiger partial charge in [0, 0.05) is 31.2 Å². The van der Waals surface area contributed by atoms with Gasteiger partial charge in [0.15, 0.2) is 0 Å². The zero-order chi connectivity index (χ0) is 49.1. The molecule has 0 unspecified atom stereocenters. The molecule has 1 heterocycles. The number of aliphatic hydroxyl groups excluding tert-OH is 1. The van der Waals surface area contributed by atoms with Crippen LogP contribution in [0.3, 0.4) is 0 Å². The number of H-pyrrole nitrogens is 1. The summed E-state index contributed by atoms with van der Waals surface area (Å²) >= 11 is 0. The van der Waals surface area contributed by atoms with Crippen molar-refractivity contribution < 1.29 is 72.6 Å². The number of aromatic amines is 1. The molecule has 0 aliphatic rings. The van der Waals surface area contributed by atoms with Gasteiger partial charge in [0.25, 0.3) is 0 Å². The van der Waals surface area contributed by atoms with Crippen molar-refractivity contribution >= 4 is 55.1 Å². The minimum Gasteiger partial charge on any atom is -0.508 e. The number of aromatic nitrogens is 2. The molecule has 3 aromatic rings. The van der Waals surface area contributed by atoms with Gasteiger partial charge in [-0.05, 0) is 35.6 Å². The molecule has 0 fully saturated rings. The molecule has 2 aromatic carbocycles. The summed E-state index contributed by atoms with van der Waals surface area (Å²) in [5, 5.41) is 43.5. The van der Waals surface area contributed by atoms with Crippen LogP contribution in [0.1, 0.15) is 43.5 Å². The summed E-state index contributed by atoms with van der Waals surface area (Å²) in [4.78, 5) is 130. The summed E-state index contributed by atoms with van der Waals surface area (Å²) in [5.74, 6) is -9.36. The molecule has 360 valence electrons. The number of aliphatic hydroxyl groups is 1. The normalized spacial score (nSPS) is 14.5. The van der Waals surface area contributed by atoms with Crippen LogP contribution in [-0.4, -0.2) is 138 Å². The Kier molecular flexibility index (Phi) is 20.8. The SMILES string of the molecule is CC(C)C[C@H](NC(=O)[C@@H](N)Cc1cnc[nH]1)C(=O)N[C@@H](Cc1ccc(O)cc1)C(=O)N[C@@H](Cc1ccccc1)C(=O)N[C@@H](CO)C(=O)N[C@@H](COP(=O)(O)O)C(=O)N[C@@H](CC(N)=O)C(=O)O. The maximum Gasteiger partial charge on any atom is 0.469 e. The average Bonchev–Trinajstić information content (AvgIpc) is 3.76. The van der Waals surface area contributed by atoms with Crippen molar-refractivity contribution in [2.45, 2.75) is 88.2 Å². The summed E-state index contributed by atoms with van der Waals surface area (Å²) in [7, 11) is -5.31. The van der Waals surface area contributed by atoms with Crippen molar-refractivity contribution in [2.75, 3.05) is 13.2 Å². The first-order valence-electron chi connectivity index (χ1n) is 20.2. The number of benzene rings is 2. The molecule has 0 saturated carbocycles. The van der Waals surface area contributed by atoms with E-state index in [-0.39, 0.29) is 37.4 Å². The Morgan fingerprint density at radius 3 is 1.68 bits per heavy atom. The van der Waals surface area contributed by atoms with Gasteiger partial charge < -0.3 is 73.5 Å². The van der Waals surface area contributed by atoms with E-state index in [1.54, 1.807) is 44.2 Å². The lowest BCUT2D eigenvalue weighted by Crippen LogP contribution is -2.61. The molecule has 0 radical (unpaired) electrons. The number of hydrogen-bond acceptors (Lipinski definition) is 14. The van der Waals surface area contributed by atoms with Gasteiger partial charge in [0.05, 0.1) is 32.0 Å². The number of amides is 7. The molecular weight excluding hydrogens is 891 g/mol. The fourth-order valence-electron chi connectivity index (χ4n) is 6.16. The number of carbonyl (C=O) groups is 8. The third kappa shape index (κ3) is 18.8. The van der Waals surface area contributed by atoms with Gasteiger partial charge in [-0.15, -0.1) is 0 Å². The van der Waals surface area contributed by atoms with Gasteiger partial charge in [-0.3, -0.25) is 38.1 Å². The zero-order valence-electron chi connectivity index (χ0n) is 35.8. The lowest BCUT2D eigenvalue weighted by molar-refractivity contribution is -0.144. The van der Waals surface area contributed by atoms with Crippen molar-refractivity contribution in [2.24, 2.45) is 17.4 Å². The monoisotopic (exact) mass is 946 g/mol. The highest BCUT2D eigenvalue weighted by Crippen LogP contribution is 2.35. The number of rotatable bonds is 27. The van der Waals surface area contributed by atoms with E-state index in [1.165, 1.54) is 36.8 Å². The first-order chi connectivity index (χ1) is 31.0. The highest BCUT2D eigenvalue weighted by molar-refractivity contribution is 7.46. The largest absolute Gasteiger partial charge is 0.508 e. The molecule has 1 aromatic heterocycles. The predicted octanol–water partition coefficient (Wildman–Crippen LogP) is -3.51. The van der Waals surface area contributed by atoms with E-state index in [4.69, 9.17) is 11.5 Å². The predicted molar refractivity (Wildman–Crippen MR) is 230 cm³/mol. The number of imidazole rings is 1. The number of aromatic hydroxyl groups is 1. The number of nitrogens with one attached hydrogen (secondary N) is 7. The first kappa shape index (κ1) is 53.6. The number of hydrogen-bond donors (Lipinski definition) is 14. The van der Waals surface area contributed by atoms with Crippen LogP contribution >= 0.6 is 7.82 Å². The number of carboxylic acids is 1. The van der Waals surface area contributed by atoms with E-state index in [2.05, 4.69) is 35.8 Å². The summed E-state index contributed by atoms with van der Waals surface area (Å²) in [6, 6.07) is 2.58. The van der Waals surface area contributed by atoms with Crippen molar-refractivity contribution in [1.82, 2.24) is 41.9 Å². The van der Waals surface area contributed by atoms with Crippen LogP contribution in [0.25, 0.3) is 0 Å². The number of carbonyl (C=O) groups excluding carboxylic acids is 7. The third-order valence-electron chi connectivity index (χ3n) is 9.47. The van der Waals surface area contributed by atoms with E-state index in [0.717, 1.165) is 0 Å². The number of aliphatic carboxylic acids is 1. The molecule has 7 atom stereocenters. The van der Waals surface area contributed by atoms with Crippen LogP contribution in [0.15, 0.2) is 67.1 Å². The molecule has 26 heteroatoms. The number of phenolic OH excluding ortho intramolecular Hbond substituents is 1. The highest BCUT2D eigenvalue weighted by atomic mass is 31.2. The summed E-state index contributed by atoms with van der Waals surface area (Å²) in [6.45, 7) is 1.18. The zero-order valence-corrected chi connectivity index (χ0v) is 36.7. The van der Waals surface area contributed by atoms with Crippen LogP contribution < -0.4 is 43.4 Å².